The molecular weight excluding hydrogens is 212 g/mol. The fourth-order valence-electron chi connectivity index (χ4n) is 1.54. The molecular formula is C15H23O2. The van der Waals surface area contributed by atoms with E-state index in [0.29, 0.717) is 13.2 Å². The third-order valence-corrected chi connectivity index (χ3v) is 2.27. The van der Waals surface area contributed by atoms with E-state index in [-0.39, 0.29) is 12.2 Å². The number of benzene rings is 1. The van der Waals surface area contributed by atoms with Gasteiger partial charge in [-0.3, -0.25) is 0 Å². The van der Waals surface area contributed by atoms with Crippen LogP contribution in [0.1, 0.15) is 44.4 Å². The Labute approximate surface area is 105 Å². The van der Waals surface area contributed by atoms with Gasteiger partial charge >= 0.3 is 0 Å². The lowest BCUT2D eigenvalue weighted by molar-refractivity contribution is 0.0622. The van der Waals surface area contributed by atoms with E-state index in [1.165, 1.54) is 5.56 Å². The molecule has 0 spiro atoms. The van der Waals surface area contributed by atoms with Crippen molar-refractivity contribution in [3.05, 3.63) is 34.9 Å². The monoisotopic (exact) mass is 235 g/mol. The Kier molecular flexibility index (Phi) is 5.66. The number of hydrogen-bond acceptors (Lipinski definition) is 2. The van der Waals surface area contributed by atoms with Gasteiger partial charge in [0.05, 0.1) is 25.4 Å². The van der Waals surface area contributed by atoms with Crippen molar-refractivity contribution < 1.29 is 9.47 Å². The zero-order valence-corrected chi connectivity index (χ0v) is 11.5. The van der Waals surface area contributed by atoms with E-state index in [1.54, 1.807) is 0 Å². The summed E-state index contributed by atoms with van der Waals surface area (Å²) in [6, 6.07) is 7.57. The highest BCUT2D eigenvalue weighted by Gasteiger charge is 2.03. The predicted octanol–water partition coefficient (Wildman–Crippen LogP) is 3.65. The molecule has 0 bridgehead atoms. The minimum absolute atomic E-state index is 0.249. The average Bonchev–Trinajstić information content (AvgIpc) is 2.23. The Morgan fingerprint density at radius 3 is 1.71 bits per heavy atom. The van der Waals surface area contributed by atoms with Gasteiger partial charge in [-0.1, -0.05) is 17.7 Å². The van der Waals surface area contributed by atoms with Crippen molar-refractivity contribution in [3.8, 4) is 0 Å². The van der Waals surface area contributed by atoms with Crippen LogP contribution in [-0.4, -0.2) is 12.2 Å². The first-order valence-corrected chi connectivity index (χ1v) is 6.22. The summed E-state index contributed by atoms with van der Waals surface area (Å²) in [5.74, 6) is 0. The minimum atomic E-state index is 0.249. The third-order valence-electron chi connectivity index (χ3n) is 2.27. The summed E-state index contributed by atoms with van der Waals surface area (Å²) in [6.07, 6.45) is 0.499. The van der Waals surface area contributed by atoms with Crippen LogP contribution >= 0.6 is 0 Å². The smallest absolute Gasteiger partial charge is 0.0726 e. The molecule has 0 amide bonds. The summed E-state index contributed by atoms with van der Waals surface area (Å²) in [4.78, 5) is 0. The molecule has 95 valence electrons. The molecule has 0 heterocycles. The van der Waals surface area contributed by atoms with Crippen molar-refractivity contribution in [3.63, 3.8) is 0 Å². The van der Waals surface area contributed by atoms with Crippen LogP contribution in [0.15, 0.2) is 12.1 Å². The average molecular weight is 235 g/mol. The highest BCUT2D eigenvalue weighted by molar-refractivity contribution is 5.27. The van der Waals surface area contributed by atoms with E-state index >= 15 is 0 Å². The first-order chi connectivity index (χ1) is 7.97. The maximum Gasteiger partial charge on any atom is 0.0726 e. The zero-order valence-electron chi connectivity index (χ0n) is 11.5. The number of hydrogen-bond donors (Lipinski definition) is 0. The fourth-order valence-corrected chi connectivity index (χ4v) is 1.54. The van der Waals surface area contributed by atoms with Crippen LogP contribution in [0.5, 0.6) is 0 Å². The molecule has 0 saturated heterocycles. The van der Waals surface area contributed by atoms with Crippen LogP contribution in [0, 0.1) is 13.0 Å². The van der Waals surface area contributed by atoms with Crippen molar-refractivity contribution in [2.24, 2.45) is 0 Å². The first kappa shape index (κ1) is 14.2. The molecule has 0 aliphatic heterocycles. The molecule has 1 aromatic rings. The lowest BCUT2D eigenvalue weighted by atomic mass is 10.1. The van der Waals surface area contributed by atoms with Crippen molar-refractivity contribution >= 4 is 0 Å². The Balaban J connectivity index is 2.65. The Bertz CT molecular complexity index is 313. The molecule has 2 nitrogen and oxygen atoms in total. The normalized spacial score (nSPS) is 11.5. The summed E-state index contributed by atoms with van der Waals surface area (Å²) in [5.41, 5.74) is 3.43. The summed E-state index contributed by atoms with van der Waals surface area (Å²) in [6.45, 7) is 11.5. The van der Waals surface area contributed by atoms with Crippen molar-refractivity contribution in [1.82, 2.24) is 0 Å². The maximum atomic E-state index is 5.59. The molecule has 1 radical (unpaired) electrons. The summed E-state index contributed by atoms with van der Waals surface area (Å²) in [5, 5.41) is 0. The first-order valence-electron chi connectivity index (χ1n) is 6.22. The number of rotatable bonds is 6. The quantitative estimate of drug-likeness (QED) is 0.749. The lowest BCUT2D eigenvalue weighted by Crippen LogP contribution is -2.05. The van der Waals surface area contributed by atoms with Crippen LogP contribution in [0.2, 0.25) is 0 Å². The Morgan fingerprint density at radius 2 is 1.35 bits per heavy atom. The number of aryl methyl sites for hydroxylation is 1. The van der Waals surface area contributed by atoms with Gasteiger partial charge in [0.15, 0.2) is 0 Å². The van der Waals surface area contributed by atoms with Gasteiger partial charge in [0.2, 0.25) is 0 Å². The van der Waals surface area contributed by atoms with Crippen LogP contribution in [0.3, 0.4) is 0 Å². The molecule has 0 fully saturated rings. The molecule has 1 rings (SSSR count). The second kappa shape index (κ2) is 6.77. The van der Waals surface area contributed by atoms with Gasteiger partial charge in [-0.2, -0.15) is 0 Å². The van der Waals surface area contributed by atoms with Crippen LogP contribution in [0.4, 0.5) is 0 Å². The fraction of sp³-hybridized carbons (Fsp3) is 0.600. The summed E-state index contributed by atoms with van der Waals surface area (Å²) in [7, 11) is 0. The number of ether oxygens (including phenoxy) is 2. The van der Waals surface area contributed by atoms with Crippen molar-refractivity contribution in [2.45, 2.75) is 60.0 Å². The Hall–Kier alpha value is -0.860. The van der Waals surface area contributed by atoms with Gasteiger partial charge in [-0.25, -0.2) is 0 Å². The molecule has 0 saturated carbocycles. The van der Waals surface area contributed by atoms with Gasteiger partial charge in [0.1, 0.15) is 0 Å². The molecule has 17 heavy (non-hydrogen) atoms. The van der Waals surface area contributed by atoms with E-state index in [2.05, 4.69) is 25.1 Å². The molecule has 2 heteroatoms. The lowest BCUT2D eigenvalue weighted by Gasteiger charge is -2.11. The van der Waals surface area contributed by atoms with Gasteiger partial charge in [0.25, 0.3) is 0 Å². The molecule has 0 aliphatic carbocycles. The molecule has 0 aliphatic rings. The molecule has 0 unspecified atom stereocenters. The molecule has 0 aromatic heterocycles. The largest absolute Gasteiger partial charge is 0.374 e. The zero-order chi connectivity index (χ0) is 12.8. The Morgan fingerprint density at radius 1 is 0.941 bits per heavy atom. The van der Waals surface area contributed by atoms with Crippen LogP contribution in [-0.2, 0) is 22.7 Å². The van der Waals surface area contributed by atoms with E-state index in [0.717, 1.165) is 11.1 Å². The van der Waals surface area contributed by atoms with Crippen molar-refractivity contribution in [1.29, 1.82) is 0 Å². The van der Waals surface area contributed by atoms with Gasteiger partial charge < -0.3 is 9.47 Å². The summed E-state index contributed by atoms with van der Waals surface area (Å²) < 4.78 is 11.2. The summed E-state index contributed by atoms with van der Waals surface area (Å²) >= 11 is 0. The highest BCUT2D eigenvalue weighted by atomic mass is 16.5. The van der Waals surface area contributed by atoms with E-state index in [1.807, 2.05) is 27.7 Å². The minimum Gasteiger partial charge on any atom is -0.374 e. The second-order valence-corrected chi connectivity index (χ2v) is 4.93. The van der Waals surface area contributed by atoms with Gasteiger partial charge in [-0.05, 0) is 51.8 Å². The predicted molar refractivity (Wildman–Crippen MR) is 69.9 cm³/mol. The third kappa shape index (κ3) is 5.85. The van der Waals surface area contributed by atoms with E-state index < -0.39 is 0 Å². The maximum absolute atomic E-state index is 5.59. The van der Waals surface area contributed by atoms with E-state index in [4.69, 9.17) is 9.47 Å². The topological polar surface area (TPSA) is 18.5 Å². The van der Waals surface area contributed by atoms with Gasteiger partial charge in [-0.15, -0.1) is 0 Å². The van der Waals surface area contributed by atoms with Gasteiger partial charge in [0, 0.05) is 0 Å². The standard InChI is InChI=1S/C15H23O2/c1-11(2)16-9-14-6-13(5)7-15(8-14)10-17-12(3)4/h6-7,11-12H,9-10H2,1-5H3. The van der Waals surface area contributed by atoms with Crippen molar-refractivity contribution in [2.75, 3.05) is 0 Å². The highest BCUT2D eigenvalue weighted by Crippen LogP contribution is 2.12. The second-order valence-electron chi connectivity index (χ2n) is 4.93. The molecule has 0 N–H and O–H groups in total. The molecule has 1 aromatic carbocycles. The van der Waals surface area contributed by atoms with Crippen LogP contribution in [0.25, 0.3) is 0 Å². The molecule has 0 atom stereocenters. The van der Waals surface area contributed by atoms with E-state index in [9.17, 15) is 0 Å². The SMILES string of the molecule is Cc1cc(COC(C)C)[c]c(COC(C)C)c1. The van der Waals surface area contributed by atoms with Crippen LogP contribution < -0.4 is 0 Å².